The van der Waals surface area contributed by atoms with Gasteiger partial charge in [-0.1, -0.05) is 36.4 Å². The van der Waals surface area contributed by atoms with Crippen LogP contribution in [-0.4, -0.2) is 42.9 Å². The van der Waals surface area contributed by atoms with E-state index in [0.29, 0.717) is 19.6 Å². The number of carbonyl (C=O) groups excluding carboxylic acids is 2. The van der Waals surface area contributed by atoms with Crippen LogP contribution >= 0.6 is 11.3 Å². The van der Waals surface area contributed by atoms with Gasteiger partial charge in [-0.2, -0.15) is 0 Å². The molecule has 1 heterocycles. The monoisotopic (exact) mass is 360 g/mol. The Hall–Kier alpha value is -2.18. The summed E-state index contributed by atoms with van der Waals surface area (Å²) in [7, 11) is 0. The third-order valence-corrected chi connectivity index (χ3v) is 4.93. The lowest BCUT2D eigenvalue weighted by Gasteiger charge is -2.21. The van der Waals surface area contributed by atoms with Crippen LogP contribution in [0.3, 0.4) is 0 Å². The van der Waals surface area contributed by atoms with Crippen LogP contribution in [0, 0.1) is 0 Å². The number of hydrogen-bond donors (Lipinski definition) is 2. The van der Waals surface area contributed by atoms with Gasteiger partial charge in [0.1, 0.15) is 6.04 Å². The van der Waals surface area contributed by atoms with Crippen molar-refractivity contribution in [2.75, 3.05) is 26.2 Å². The van der Waals surface area contributed by atoms with Gasteiger partial charge < -0.3 is 15.5 Å². The van der Waals surface area contributed by atoms with Gasteiger partial charge in [0, 0.05) is 18.7 Å². The molecule has 5 nitrogen and oxygen atoms in total. The summed E-state index contributed by atoms with van der Waals surface area (Å²) < 4.78 is 0. The summed E-state index contributed by atoms with van der Waals surface area (Å²) in [5.41, 5.74) is 1.17. The van der Waals surface area contributed by atoms with E-state index in [9.17, 15) is 9.59 Å². The number of hydrogen-bond acceptors (Lipinski definition) is 3. The topological polar surface area (TPSA) is 66.0 Å². The average molecular weight is 361 g/mol. The van der Waals surface area contributed by atoms with Crippen molar-refractivity contribution in [3.8, 4) is 0 Å². The third-order valence-electron chi connectivity index (χ3n) is 3.98. The van der Waals surface area contributed by atoms with Crippen LogP contribution in [0.15, 0.2) is 47.8 Å². The Labute approximate surface area is 153 Å². The average Bonchev–Trinajstić information content (AvgIpc) is 3.15. The maximum Gasteiger partial charge on any atom is 0.278 e. The van der Waals surface area contributed by atoms with Crippen LogP contribution < -0.4 is 10.6 Å². The molecule has 1 aromatic carbocycles. The maximum atomic E-state index is 12.5. The lowest BCUT2D eigenvalue weighted by molar-refractivity contribution is -0.676. The van der Waals surface area contributed by atoms with E-state index in [0.717, 1.165) is 0 Å². The summed E-state index contributed by atoms with van der Waals surface area (Å²) in [5, 5.41) is 6.83. The summed E-state index contributed by atoms with van der Waals surface area (Å²) >= 11 is 1.69. The summed E-state index contributed by atoms with van der Waals surface area (Å²) in [6.07, 6.45) is 0. The number of thiophene rings is 1. The van der Waals surface area contributed by atoms with Gasteiger partial charge in [0.05, 0.1) is 11.4 Å². The Morgan fingerprint density at radius 3 is 2.52 bits per heavy atom. The molecular weight excluding hydrogens is 334 g/mol. The summed E-state index contributed by atoms with van der Waals surface area (Å²) in [5.74, 6) is -0.137. The number of benzene rings is 1. The molecule has 0 aliphatic carbocycles. The first-order chi connectivity index (χ1) is 12.2. The first-order valence-electron chi connectivity index (χ1n) is 8.61. The number of carbonyl (C=O) groups is 2. The van der Waals surface area contributed by atoms with E-state index in [4.69, 9.17) is 0 Å². The van der Waals surface area contributed by atoms with Gasteiger partial charge in [-0.15, -0.1) is 11.3 Å². The second kappa shape index (κ2) is 9.96. The molecule has 0 saturated heterocycles. The molecule has 1 atom stereocenters. The molecule has 0 bridgehead atoms. The smallest absolute Gasteiger partial charge is 0.278 e. The van der Waals surface area contributed by atoms with E-state index in [1.54, 1.807) is 16.2 Å². The van der Waals surface area contributed by atoms with Gasteiger partial charge >= 0.3 is 0 Å². The molecular formula is C19H26N3O2S+. The Bertz CT molecular complexity index is 659. The number of nitrogens with zero attached hydrogens (tertiary/aromatic N) is 1. The number of quaternary nitrogens is 1. The van der Waals surface area contributed by atoms with Crippen molar-refractivity contribution in [1.82, 2.24) is 10.2 Å². The summed E-state index contributed by atoms with van der Waals surface area (Å²) in [6.45, 7) is 5.29. The number of nitrogens with one attached hydrogen (secondary N) is 1. The minimum atomic E-state index is -0.115. The molecule has 0 saturated carbocycles. The molecule has 0 fully saturated rings. The van der Waals surface area contributed by atoms with Crippen LogP contribution in [0.5, 0.6) is 0 Å². The molecule has 0 spiro atoms. The molecule has 0 aliphatic rings. The molecule has 2 aromatic rings. The zero-order valence-corrected chi connectivity index (χ0v) is 15.6. The highest BCUT2D eigenvalue weighted by molar-refractivity contribution is 7.10. The SMILES string of the molecule is CCNC(=O)CN(CC)C(=O)C[NH2+][C@H](c1ccccc1)c1cccs1. The van der Waals surface area contributed by atoms with Crippen LogP contribution in [0.2, 0.25) is 0 Å². The van der Waals surface area contributed by atoms with Gasteiger partial charge in [0.15, 0.2) is 6.54 Å². The standard InChI is InChI=1S/C19H25N3O2S/c1-3-20-17(23)14-22(4-2)18(24)13-21-19(16-11-8-12-25-16)15-9-6-5-7-10-15/h5-12,19,21H,3-4,13-14H2,1-2H3,(H,20,23)/p+1/t19-/m1/s1. The van der Waals surface area contributed by atoms with Crippen molar-refractivity contribution in [2.45, 2.75) is 19.9 Å². The highest BCUT2D eigenvalue weighted by Gasteiger charge is 2.22. The Morgan fingerprint density at radius 1 is 1.16 bits per heavy atom. The van der Waals surface area contributed by atoms with E-state index in [1.165, 1.54) is 10.4 Å². The minimum Gasteiger partial charge on any atom is -0.355 e. The van der Waals surface area contributed by atoms with Crippen LogP contribution in [0.1, 0.15) is 30.3 Å². The normalized spacial score (nSPS) is 11.8. The van der Waals surface area contributed by atoms with Gasteiger partial charge in [0.2, 0.25) is 5.91 Å². The quantitative estimate of drug-likeness (QED) is 0.710. The molecule has 1 aromatic heterocycles. The summed E-state index contributed by atoms with van der Waals surface area (Å²) in [4.78, 5) is 27.1. The summed E-state index contributed by atoms with van der Waals surface area (Å²) in [6, 6.07) is 14.4. The second-order valence-electron chi connectivity index (χ2n) is 5.71. The zero-order chi connectivity index (χ0) is 18.1. The van der Waals surface area contributed by atoms with E-state index in [-0.39, 0.29) is 24.4 Å². The first kappa shape index (κ1) is 19.1. The number of rotatable bonds is 9. The highest BCUT2D eigenvalue weighted by Crippen LogP contribution is 2.22. The number of likely N-dealkylation sites (N-methyl/N-ethyl adjacent to an activating group) is 2. The molecule has 0 radical (unpaired) electrons. The molecule has 134 valence electrons. The number of amides is 2. The molecule has 6 heteroatoms. The van der Waals surface area contributed by atoms with Crippen molar-refractivity contribution in [3.05, 3.63) is 58.3 Å². The Morgan fingerprint density at radius 2 is 1.92 bits per heavy atom. The molecule has 2 rings (SSSR count). The zero-order valence-electron chi connectivity index (χ0n) is 14.8. The lowest BCUT2D eigenvalue weighted by Crippen LogP contribution is -2.87. The van der Waals surface area contributed by atoms with Crippen molar-refractivity contribution in [2.24, 2.45) is 0 Å². The fourth-order valence-electron chi connectivity index (χ4n) is 2.70. The van der Waals surface area contributed by atoms with Gasteiger partial charge in [-0.05, 0) is 25.3 Å². The van der Waals surface area contributed by atoms with E-state index in [2.05, 4.69) is 23.5 Å². The van der Waals surface area contributed by atoms with Crippen molar-refractivity contribution in [1.29, 1.82) is 0 Å². The molecule has 25 heavy (non-hydrogen) atoms. The van der Waals surface area contributed by atoms with Crippen LogP contribution in [0.25, 0.3) is 0 Å². The van der Waals surface area contributed by atoms with E-state index >= 15 is 0 Å². The second-order valence-corrected chi connectivity index (χ2v) is 6.68. The van der Waals surface area contributed by atoms with Gasteiger partial charge in [-0.3, -0.25) is 9.59 Å². The Balaban J connectivity index is 2.02. The largest absolute Gasteiger partial charge is 0.355 e. The predicted molar refractivity (Wildman–Crippen MR) is 100 cm³/mol. The van der Waals surface area contributed by atoms with E-state index in [1.807, 2.05) is 48.8 Å². The van der Waals surface area contributed by atoms with Gasteiger partial charge in [-0.25, -0.2) is 0 Å². The molecule has 3 N–H and O–H groups in total. The van der Waals surface area contributed by atoms with Gasteiger partial charge in [0.25, 0.3) is 5.91 Å². The molecule has 0 aliphatic heterocycles. The fourth-order valence-corrected chi connectivity index (χ4v) is 3.55. The number of nitrogens with two attached hydrogens (primary N) is 1. The Kier molecular flexibility index (Phi) is 7.63. The van der Waals surface area contributed by atoms with Crippen molar-refractivity contribution < 1.29 is 14.9 Å². The van der Waals surface area contributed by atoms with E-state index < -0.39 is 0 Å². The maximum absolute atomic E-state index is 12.5. The van der Waals surface area contributed by atoms with Crippen LogP contribution in [0.4, 0.5) is 0 Å². The van der Waals surface area contributed by atoms with Crippen molar-refractivity contribution in [3.63, 3.8) is 0 Å². The van der Waals surface area contributed by atoms with Crippen molar-refractivity contribution >= 4 is 23.2 Å². The molecule has 2 amide bonds. The fraction of sp³-hybridized carbons (Fsp3) is 0.368. The predicted octanol–water partition coefficient (Wildman–Crippen LogP) is 1.39. The molecule has 0 unspecified atom stereocenters. The highest BCUT2D eigenvalue weighted by atomic mass is 32.1. The minimum absolute atomic E-state index is 0.0220. The van der Waals surface area contributed by atoms with Crippen LogP contribution in [-0.2, 0) is 9.59 Å². The first-order valence-corrected chi connectivity index (χ1v) is 9.49. The third kappa shape index (κ3) is 5.69. The lowest BCUT2D eigenvalue weighted by atomic mass is 10.1.